The summed E-state index contributed by atoms with van der Waals surface area (Å²) in [6.45, 7) is 10.3. The van der Waals surface area contributed by atoms with Gasteiger partial charge in [0.15, 0.2) is 0 Å². The van der Waals surface area contributed by atoms with Gasteiger partial charge in [0, 0.05) is 19.1 Å². The smallest absolute Gasteiger partial charge is 0.404 e. The van der Waals surface area contributed by atoms with Gasteiger partial charge in [0.25, 0.3) is 0 Å². The maximum absolute atomic E-state index is 12.9. The van der Waals surface area contributed by atoms with Gasteiger partial charge in [-0.25, -0.2) is 0 Å². The van der Waals surface area contributed by atoms with E-state index in [0.717, 1.165) is 51.2 Å². The summed E-state index contributed by atoms with van der Waals surface area (Å²) < 4.78 is 13.1. The van der Waals surface area contributed by atoms with Crippen molar-refractivity contribution >= 4 is 13.0 Å². The monoisotopic (exact) mass is 375 g/mol. The molecule has 0 aromatic rings. The molecule has 0 aromatic carbocycles. The Morgan fingerprint density at radius 3 is 2.89 bits per heavy atom. The normalized spacial score (nSPS) is 45.1. The Labute approximate surface area is 163 Å². The van der Waals surface area contributed by atoms with Crippen LogP contribution in [0.4, 0.5) is 0 Å². The number of amides is 1. The molecule has 6 atom stereocenters. The zero-order valence-corrected chi connectivity index (χ0v) is 17.0. The van der Waals surface area contributed by atoms with Crippen LogP contribution in [0, 0.1) is 17.3 Å². The zero-order chi connectivity index (χ0) is 18.8. The first-order valence-corrected chi connectivity index (χ1v) is 11.0. The molecule has 7 heteroatoms. The fraction of sp³-hybridized carbons (Fsp3) is 0.950. The molecule has 2 N–H and O–H groups in total. The van der Waals surface area contributed by atoms with Gasteiger partial charge in [0.05, 0.1) is 24.2 Å². The molecule has 3 saturated heterocycles. The molecule has 0 radical (unpaired) electrons. The predicted octanol–water partition coefficient (Wildman–Crippen LogP) is 1.20. The number of carbonyl (C=O) groups excluding carboxylic acids is 1. The van der Waals surface area contributed by atoms with Crippen molar-refractivity contribution in [3.8, 4) is 0 Å². The SMILES string of the molecule is CC1(C)C2CC1[C@]1(C)OB([C@@H]3CCCN3C(=O)CN[C@@H]3CCNC3)O[C@@H]1C2. The molecule has 2 bridgehead atoms. The van der Waals surface area contributed by atoms with Crippen LogP contribution in [0.5, 0.6) is 0 Å². The van der Waals surface area contributed by atoms with Gasteiger partial charge < -0.3 is 24.8 Å². The van der Waals surface area contributed by atoms with Crippen molar-refractivity contribution in [3.05, 3.63) is 0 Å². The first-order chi connectivity index (χ1) is 12.9. The molecule has 0 spiro atoms. The highest BCUT2D eigenvalue weighted by atomic mass is 16.7. The van der Waals surface area contributed by atoms with Crippen LogP contribution < -0.4 is 10.6 Å². The highest BCUT2D eigenvalue weighted by Gasteiger charge is 2.69. The third kappa shape index (κ3) is 2.80. The van der Waals surface area contributed by atoms with Crippen molar-refractivity contribution in [2.45, 2.75) is 76.6 Å². The van der Waals surface area contributed by atoms with E-state index in [0.29, 0.717) is 23.9 Å². The average Bonchev–Trinajstić information content (AvgIpc) is 3.36. The largest absolute Gasteiger partial charge is 0.481 e. The summed E-state index contributed by atoms with van der Waals surface area (Å²) in [5, 5.41) is 6.75. The third-order valence-electron chi connectivity index (χ3n) is 8.50. The number of rotatable bonds is 4. The van der Waals surface area contributed by atoms with Crippen LogP contribution in [0.2, 0.25) is 0 Å². The van der Waals surface area contributed by atoms with E-state index >= 15 is 0 Å². The minimum absolute atomic E-state index is 0.0729. The molecule has 3 saturated carbocycles. The molecular formula is C20H34BN3O3. The Morgan fingerprint density at radius 2 is 2.15 bits per heavy atom. The molecule has 6 fully saturated rings. The van der Waals surface area contributed by atoms with Gasteiger partial charge in [0.2, 0.25) is 5.91 Å². The lowest BCUT2D eigenvalue weighted by Crippen LogP contribution is -2.65. The number of likely N-dealkylation sites (tertiary alicyclic amines) is 1. The Balaban J connectivity index is 1.24. The van der Waals surface area contributed by atoms with Crippen molar-refractivity contribution in [1.82, 2.24) is 15.5 Å². The minimum atomic E-state index is -0.255. The van der Waals surface area contributed by atoms with E-state index in [1.807, 2.05) is 4.90 Å². The minimum Gasteiger partial charge on any atom is -0.404 e. The van der Waals surface area contributed by atoms with E-state index in [4.69, 9.17) is 9.31 Å². The maximum atomic E-state index is 12.9. The average molecular weight is 375 g/mol. The van der Waals surface area contributed by atoms with Gasteiger partial charge in [-0.05, 0) is 62.8 Å². The van der Waals surface area contributed by atoms with E-state index in [2.05, 4.69) is 31.4 Å². The lowest BCUT2D eigenvalue weighted by Gasteiger charge is -2.64. The number of hydrogen-bond acceptors (Lipinski definition) is 5. The Morgan fingerprint density at radius 1 is 1.30 bits per heavy atom. The van der Waals surface area contributed by atoms with Crippen molar-refractivity contribution in [1.29, 1.82) is 0 Å². The van der Waals surface area contributed by atoms with Crippen LogP contribution >= 0.6 is 0 Å². The summed E-state index contributed by atoms with van der Waals surface area (Å²) in [5.41, 5.74) is 0.169. The first-order valence-electron chi connectivity index (χ1n) is 11.0. The first kappa shape index (κ1) is 18.4. The molecule has 6 rings (SSSR count). The molecule has 3 aliphatic heterocycles. The van der Waals surface area contributed by atoms with Gasteiger partial charge >= 0.3 is 7.12 Å². The van der Waals surface area contributed by atoms with Crippen LogP contribution in [0.3, 0.4) is 0 Å². The van der Waals surface area contributed by atoms with E-state index < -0.39 is 0 Å². The number of nitrogens with one attached hydrogen (secondary N) is 2. The van der Waals surface area contributed by atoms with Crippen LogP contribution in [-0.2, 0) is 14.1 Å². The second-order valence-electron chi connectivity index (χ2n) is 10.2. The molecule has 0 aromatic heterocycles. The van der Waals surface area contributed by atoms with Gasteiger partial charge in [-0.15, -0.1) is 0 Å². The lowest BCUT2D eigenvalue weighted by molar-refractivity contribution is -0.199. The Hall–Kier alpha value is -0.625. The fourth-order valence-corrected chi connectivity index (χ4v) is 6.61. The number of nitrogens with zero attached hydrogens (tertiary/aromatic N) is 1. The van der Waals surface area contributed by atoms with Crippen LogP contribution in [0.25, 0.3) is 0 Å². The van der Waals surface area contributed by atoms with Crippen molar-refractivity contribution in [2.75, 3.05) is 26.2 Å². The molecule has 1 amide bonds. The van der Waals surface area contributed by atoms with Crippen molar-refractivity contribution in [3.63, 3.8) is 0 Å². The summed E-state index contributed by atoms with van der Waals surface area (Å²) in [6.07, 6.45) is 5.70. The molecule has 2 unspecified atom stereocenters. The number of carbonyl (C=O) groups is 1. The summed E-state index contributed by atoms with van der Waals surface area (Å²) >= 11 is 0. The van der Waals surface area contributed by atoms with Gasteiger partial charge in [-0.1, -0.05) is 13.8 Å². The molecule has 150 valence electrons. The van der Waals surface area contributed by atoms with E-state index in [1.54, 1.807) is 0 Å². The summed E-state index contributed by atoms with van der Waals surface area (Å²) in [7, 11) is -0.255. The molecule has 3 aliphatic carbocycles. The highest BCUT2D eigenvalue weighted by Crippen LogP contribution is 2.65. The molecule has 27 heavy (non-hydrogen) atoms. The van der Waals surface area contributed by atoms with Crippen LogP contribution in [0.15, 0.2) is 0 Å². The van der Waals surface area contributed by atoms with Gasteiger partial charge in [0.1, 0.15) is 0 Å². The summed E-state index contributed by atoms with van der Waals surface area (Å²) in [5.74, 6) is 1.60. The zero-order valence-electron chi connectivity index (χ0n) is 17.0. The fourth-order valence-electron chi connectivity index (χ4n) is 6.61. The summed E-state index contributed by atoms with van der Waals surface area (Å²) in [4.78, 5) is 14.9. The third-order valence-corrected chi connectivity index (χ3v) is 8.50. The van der Waals surface area contributed by atoms with Gasteiger partial charge in [-0.2, -0.15) is 0 Å². The van der Waals surface area contributed by atoms with Crippen LogP contribution in [0.1, 0.15) is 52.9 Å². The quantitative estimate of drug-likeness (QED) is 0.723. The Bertz CT molecular complexity index is 611. The predicted molar refractivity (Wildman–Crippen MR) is 104 cm³/mol. The molecule has 6 nitrogen and oxygen atoms in total. The van der Waals surface area contributed by atoms with E-state index in [-0.39, 0.29) is 30.7 Å². The summed E-state index contributed by atoms with van der Waals surface area (Å²) in [6, 6.07) is 0.421. The molecular weight excluding hydrogens is 341 g/mol. The highest BCUT2D eigenvalue weighted by molar-refractivity contribution is 6.48. The standard InChI is InChI=1S/C20H34BN3O3/c1-19(2)13-9-15(19)20(3)16(10-13)26-21(27-20)17-5-4-8-24(17)18(25)12-23-14-6-7-22-11-14/h13-17,22-23H,4-12H2,1-3H3/t13?,14-,15?,16-,17+,20+/m1/s1. The Kier molecular flexibility index (Phi) is 4.39. The van der Waals surface area contributed by atoms with Crippen LogP contribution in [-0.4, -0.2) is 67.8 Å². The van der Waals surface area contributed by atoms with Crippen molar-refractivity contribution < 1.29 is 14.1 Å². The lowest BCUT2D eigenvalue weighted by atomic mass is 9.43. The molecule has 3 heterocycles. The second kappa shape index (κ2) is 6.44. The number of hydrogen-bond donors (Lipinski definition) is 2. The van der Waals surface area contributed by atoms with E-state index in [9.17, 15) is 4.79 Å². The topological polar surface area (TPSA) is 62.8 Å². The van der Waals surface area contributed by atoms with E-state index in [1.165, 1.54) is 6.42 Å². The second-order valence-corrected chi connectivity index (χ2v) is 10.2. The van der Waals surface area contributed by atoms with Crippen molar-refractivity contribution in [2.24, 2.45) is 17.3 Å². The molecule has 6 aliphatic rings. The van der Waals surface area contributed by atoms with Gasteiger partial charge in [-0.3, -0.25) is 4.79 Å². The maximum Gasteiger partial charge on any atom is 0.481 e.